The highest BCUT2D eigenvalue weighted by atomic mass is 79.9. The lowest BCUT2D eigenvalue weighted by Gasteiger charge is -2.34. The lowest BCUT2D eigenvalue weighted by molar-refractivity contribution is 0.419. The average Bonchev–Trinajstić information content (AvgIpc) is 2.82. The molecule has 1 saturated heterocycles. The summed E-state index contributed by atoms with van der Waals surface area (Å²) in [6.45, 7) is 2.17. The first kappa shape index (κ1) is 16.3. The molecule has 2 heterocycles. The Morgan fingerprint density at radius 2 is 1.73 bits per heavy atom. The molecule has 5 heteroatoms. The van der Waals surface area contributed by atoms with Gasteiger partial charge in [0.2, 0.25) is 0 Å². The highest BCUT2D eigenvalue weighted by Crippen LogP contribution is 2.48. The minimum Gasteiger partial charge on any atom is -0.337 e. The van der Waals surface area contributed by atoms with E-state index in [1.807, 2.05) is 0 Å². The summed E-state index contributed by atoms with van der Waals surface area (Å²) in [5, 5.41) is 3.55. The number of hydrogen-bond donors (Lipinski definition) is 1. The molecule has 22 heavy (non-hydrogen) atoms. The van der Waals surface area contributed by atoms with E-state index in [0.717, 1.165) is 17.6 Å². The number of halogens is 3. The molecule has 2 aliphatic heterocycles. The van der Waals surface area contributed by atoms with Crippen LogP contribution in [0.3, 0.4) is 0 Å². The number of piperidine rings is 1. The van der Waals surface area contributed by atoms with E-state index in [1.54, 1.807) is 0 Å². The minimum absolute atomic E-state index is 0. The minimum atomic E-state index is 0. The molecule has 0 bridgehead atoms. The molecule has 0 aromatic heterocycles. The third-order valence-corrected chi connectivity index (χ3v) is 5.55. The lowest BCUT2D eigenvalue weighted by Crippen LogP contribution is -2.42. The summed E-state index contributed by atoms with van der Waals surface area (Å²) >= 11 is 7.15. The van der Waals surface area contributed by atoms with Crippen molar-refractivity contribution in [2.75, 3.05) is 18.0 Å². The van der Waals surface area contributed by atoms with E-state index in [-0.39, 0.29) is 12.4 Å². The molecule has 2 atom stereocenters. The fourth-order valence-corrected chi connectivity index (χ4v) is 4.27. The predicted octanol–water partition coefficient (Wildman–Crippen LogP) is 5.23. The second-order valence-electron chi connectivity index (χ2n) is 5.72. The van der Waals surface area contributed by atoms with Crippen molar-refractivity contribution in [3.63, 3.8) is 0 Å². The first-order valence-corrected chi connectivity index (χ1v) is 8.87. The highest BCUT2D eigenvalue weighted by molar-refractivity contribution is 9.10. The van der Waals surface area contributed by atoms with Gasteiger partial charge in [-0.1, -0.05) is 31.9 Å². The van der Waals surface area contributed by atoms with Crippen LogP contribution in [0.25, 0.3) is 0 Å². The Bertz CT molecular complexity index is 675. The molecule has 0 amide bonds. The summed E-state index contributed by atoms with van der Waals surface area (Å²) in [6, 6.07) is 15.9. The Balaban J connectivity index is 0.00000144. The maximum atomic E-state index is 3.62. The Labute approximate surface area is 153 Å². The van der Waals surface area contributed by atoms with Crippen molar-refractivity contribution in [3.05, 3.63) is 57.0 Å². The topological polar surface area (TPSA) is 15.3 Å². The van der Waals surface area contributed by atoms with Crippen LogP contribution >= 0.6 is 44.3 Å². The Morgan fingerprint density at radius 1 is 1.00 bits per heavy atom. The molecule has 2 aliphatic rings. The molecule has 2 nitrogen and oxygen atoms in total. The van der Waals surface area contributed by atoms with Gasteiger partial charge in [-0.15, -0.1) is 12.4 Å². The van der Waals surface area contributed by atoms with Crippen LogP contribution in [-0.4, -0.2) is 19.1 Å². The van der Waals surface area contributed by atoms with E-state index in [0.29, 0.717) is 12.0 Å². The van der Waals surface area contributed by atoms with Gasteiger partial charge in [-0.3, -0.25) is 0 Å². The summed E-state index contributed by atoms with van der Waals surface area (Å²) in [6.07, 6.45) is 1.19. The van der Waals surface area contributed by atoms with Gasteiger partial charge in [0, 0.05) is 38.8 Å². The molecule has 4 rings (SSSR count). The first-order chi connectivity index (χ1) is 10.2. The summed E-state index contributed by atoms with van der Waals surface area (Å²) in [7, 11) is 0. The lowest BCUT2D eigenvalue weighted by atomic mass is 9.90. The number of nitrogens with one attached hydrogen (secondary N) is 1. The fourth-order valence-electron chi connectivity index (χ4n) is 3.62. The van der Waals surface area contributed by atoms with Crippen LogP contribution < -0.4 is 10.2 Å². The van der Waals surface area contributed by atoms with Crippen molar-refractivity contribution in [2.24, 2.45) is 0 Å². The van der Waals surface area contributed by atoms with Crippen molar-refractivity contribution in [3.8, 4) is 0 Å². The van der Waals surface area contributed by atoms with Gasteiger partial charge in [-0.2, -0.15) is 0 Å². The van der Waals surface area contributed by atoms with Crippen LogP contribution in [0.1, 0.15) is 17.9 Å². The van der Waals surface area contributed by atoms with Crippen molar-refractivity contribution in [1.82, 2.24) is 5.32 Å². The molecule has 2 aromatic rings. The van der Waals surface area contributed by atoms with E-state index in [9.17, 15) is 0 Å². The molecule has 116 valence electrons. The number of nitrogens with zero attached hydrogens (tertiary/aromatic N) is 1. The van der Waals surface area contributed by atoms with Crippen LogP contribution in [0.2, 0.25) is 0 Å². The monoisotopic (exact) mass is 442 g/mol. The fraction of sp³-hybridized carbons (Fsp3) is 0.294. The molecule has 1 N–H and O–H groups in total. The van der Waals surface area contributed by atoms with Crippen LogP contribution in [0.15, 0.2) is 51.4 Å². The van der Waals surface area contributed by atoms with Gasteiger partial charge in [0.05, 0.1) is 0 Å². The van der Waals surface area contributed by atoms with Gasteiger partial charge in [-0.25, -0.2) is 0 Å². The summed E-state index contributed by atoms with van der Waals surface area (Å²) in [5.41, 5.74) is 4.11. The average molecular weight is 445 g/mol. The largest absolute Gasteiger partial charge is 0.337 e. The van der Waals surface area contributed by atoms with Gasteiger partial charge in [0.25, 0.3) is 0 Å². The standard InChI is InChI=1S/C17H16Br2N2.ClH/c18-11-1-4-13(5-2-11)21-16-6-3-12(19)9-14(16)15-10-20-8-7-17(15)21;/h1-6,9,15,17,20H,7-8,10H2;1H/t15-,17+;/m0./s1. The van der Waals surface area contributed by atoms with Crippen LogP contribution in [-0.2, 0) is 0 Å². The van der Waals surface area contributed by atoms with E-state index in [2.05, 4.69) is 84.5 Å². The summed E-state index contributed by atoms with van der Waals surface area (Å²) in [5.74, 6) is 0.579. The zero-order valence-corrected chi connectivity index (χ0v) is 15.9. The zero-order chi connectivity index (χ0) is 14.4. The van der Waals surface area contributed by atoms with Gasteiger partial charge in [-0.05, 0) is 61.0 Å². The zero-order valence-electron chi connectivity index (χ0n) is 11.9. The smallest absolute Gasteiger partial charge is 0.0451 e. The maximum absolute atomic E-state index is 3.62. The van der Waals surface area contributed by atoms with Crippen molar-refractivity contribution in [1.29, 1.82) is 0 Å². The van der Waals surface area contributed by atoms with E-state index in [4.69, 9.17) is 0 Å². The van der Waals surface area contributed by atoms with Crippen LogP contribution in [0.4, 0.5) is 11.4 Å². The number of benzene rings is 2. The molecular weight excluding hydrogens is 427 g/mol. The molecule has 2 aromatic carbocycles. The number of fused-ring (bicyclic) bond motifs is 3. The van der Waals surface area contributed by atoms with Gasteiger partial charge >= 0.3 is 0 Å². The van der Waals surface area contributed by atoms with Gasteiger partial charge in [0.15, 0.2) is 0 Å². The Morgan fingerprint density at radius 3 is 2.50 bits per heavy atom. The third kappa shape index (κ3) is 2.71. The quantitative estimate of drug-likeness (QED) is 0.648. The third-order valence-electron chi connectivity index (χ3n) is 4.53. The second kappa shape index (κ2) is 6.52. The van der Waals surface area contributed by atoms with Gasteiger partial charge in [0.1, 0.15) is 0 Å². The van der Waals surface area contributed by atoms with E-state index >= 15 is 0 Å². The number of rotatable bonds is 1. The highest BCUT2D eigenvalue weighted by Gasteiger charge is 2.40. The Kier molecular flexibility index (Phi) is 4.83. The predicted molar refractivity (Wildman–Crippen MR) is 102 cm³/mol. The summed E-state index contributed by atoms with van der Waals surface area (Å²) in [4.78, 5) is 2.53. The van der Waals surface area contributed by atoms with Gasteiger partial charge < -0.3 is 10.2 Å². The SMILES string of the molecule is Brc1ccc(N2c3ccc(Br)cc3[C@@H]3CNCC[C@H]32)cc1.Cl. The molecule has 0 radical (unpaired) electrons. The number of anilines is 2. The molecular formula is C17H17Br2ClN2. The normalized spacial score (nSPS) is 22.7. The first-order valence-electron chi connectivity index (χ1n) is 7.29. The molecule has 0 aliphatic carbocycles. The van der Waals surface area contributed by atoms with Crippen molar-refractivity contribution >= 4 is 55.6 Å². The second-order valence-corrected chi connectivity index (χ2v) is 7.55. The van der Waals surface area contributed by atoms with Crippen molar-refractivity contribution in [2.45, 2.75) is 18.4 Å². The number of hydrogen-bond acceptors (Lipinski definition) is 2. The van der Waals surface area contributed by atoms with Crippen molar-refractivity contribution < 1.29 is 0 Å². The van der Waals surface area contributed by atoms with Crippen LogP contribution in [0.5, 0.6) is 0 Å². The molecule has 0 saturated carbocycles. The maximum Gasteiger partial charge on any atom is 0.0451 e. The van der Waals surface area contributed by atoms with Crippen LogP contribution in [0, 0.1) is 0 Å². The molecule has 0 spiro atoms. The molecule has 1 fully saturated rings. The van der Waals surface area contributed by atoms with E-state index < -0.39 is 0 Å². The Hall–Kier alpha value is -0.550. The summed E-state index contributed by atoms with van der Waals surface area (Å²) < 4.78 is 2.30. The molecule has 0 unspecified atom stereocenters. The van der Waals surface area contributed by atoms with E-state index in [1.165, 1.54) is 27.8 Å².